The van der Waals surface area contributed by atoms with Crippen LogP contribution in [0.3, 0.4) is 0 Å². The molecule has 4 heteroatoms. The number of halogens is 1. The Morgan fingerprint density at radius 1 is 1.44 bits per heavy atom. The molecule has 0 saturated heterocycles. The number of nitrogens with two attached hydrogens (primary N) is 1. The number of fused-ring (bicyclic) bond motifs is 1. The minimum atomic E-state index is 0.661. The Morgan fingerprint density at radius 2 is 2.19 bits per heavy atom. The van der Waals surface area contributed by atoms with Crippen LogP contribution in [-0.2, 0) is 13.5 Å². The minimum absolute atomic E-state index is 0.661. The third-order valence-corrected chi connectivity index (χ3v) is 3.34. The van der Waals surface area contributed by atoms with Crippen molar-refractivity contribution in [2.24, 2.45) is 12.8 Å². The number of hydrogen-bond donors (Lipinski definition) is 1. The summed E-state index contributed by atoms with van der Waals surface area (Å²) in [6.07, 6.45) is 3.01. The van der Waals surface area contributed by atoms with Crippen LogP contribution < -0.4 is 10.5 Å². The maximum absolute atomic E-state index is 5.62. The van der Waals surface area contributed by atoms with Crippen LogP contribution in [0.4, 0.5) is 0 Å². The molecule has 0 radical (unpaired) electrons. The van der Waals surface area contributed by atoms with Crippen LogP contribution in [-0.4, -0.2) is 18.2 Å². The van der Waals surface area contributed by atoms with Gasteiger partial charge in [0.25, 0.3) is 0 Å². The summed E-state index contributed by atoms with van der Waals surface area (Å²) in [4.78, 5) is 0. The first-order chi connectivity index (χ1) is 7.67. The molecule has 0 aliphatic carbocycles. The van der Waals surface area contributed by atoms with Gasteiger partial charge >= 0.3 is 0 Å². The van der Waals surface area contributed by atoms with Gasteiger partial charge in [0.2, 0.25) is 0 Å². The molecule has 1 aromatic heterocycles. The van der Waals surface area contributed by atoms with Crippen molar-refractivity contribution in [3.05, 3.63) is 28.4 Å². The fourth-order valence-corrected chi connectivity index (χ4v) is 2.74. The summed E-state index contributed by atoms with van der Waals surface area (Å²) < 4.78 is 8.44. The van der Waals surface area contributed by atoms with Crippen LogP contribution >= 0.6 is 15.9 Å². The molecule has 0 spiro atoms. The molecule has 2 aromatic rings. The minimum Gasteiger partial charge on any atom is -0.497 e. The van der Waals surface area contributed by atoms with E-state index in [2.05, 4.69) is 32.8 Å². The molecule has 2 N–H and O–H groups in total. The van der Waals surface area contributed by atoms with Gasteiger partial charge in [-0.2, -0.15) is 0 Å². The van der Waals surface area contributed by atoms with Gasteiger partial charge in [-0.3, -0.25) is 0 Å². The number of methoxy groups -OCH3 is 1. The highest BCUT2D eigenvalue weighted by molar-refractivity contribution is 9.10. The van der Waals surface area contributed by atoms with E-state index in [1.54, 1.807) is 7.11 Å². The van der Waals surface area contributed by atoms with Crippen LogP contribution in [0.5, 0.6) is 5.75 Å². The van der Waals surface area contributed by atoms with Gasteiger partial charge in [0.05, 0.1) is 12.6 Å². The predicted molar refractivity (Wildman–Crippen MR) is 69.9 cm³/mol. The summed E-state index contributed by atoms with van der Waals surface area (Å²) >= 11 is 3.57. The number of ether oxygens (including phenoxy) is 1. The molecule has 0 amide bonds. The van der Waals surface area contributed by atoms with Crippen LogP contribution in [0, 0.1) is 0 Å². The molecule has 86 valence electrons. The first-order valence-electron chi connectivity index (χ1n) is 5.19. The largest absolute Gasteiger partial charge is 0.497 e. The summed E-state index contributed by atoms with van der Waals surface area (Å²) in [6, 6.07) is 4.04. The quantitative estimate of drug-likeness (QED) is 0.940. The monoisotopic (exact) mass is 282 g/mol. The summed E-state index contributed by atoms with van der Waals surface area (Å²) in [6.45, 7) is 0.661. The number of aryl methyl sites for hydroxylation is 1. The van der Waals surface area contributed by atoms with Crippen molar-refractivity contribution in [3.8, 4) is 5.75 Å². The van der Waals surface area contributed by atoms with E-state index in [0.717, 1.165) is 16.6 Å². The van der Waals surface area contributed by atoms with E-state index in [1.807, 2.05) is 13.1 Å². The van der Waals surface area contributed by atoms with Crippen molar-refractivity contribution in [1.82, 2.24) is 4.57 Å². The molecule has 0 fully saturated rings. The standard InChI is InChI=1S/C12H15BrN2O/c1-15-7-8(3-4-14)10-5-9(16-2)6-11(13)12(10)15/h5-7H,3-4,14H2,1-2H3. The Balaban J connectivity index is 2.71. The average Bonchev–Trinajstić information content (AvgIpc) is 2.56. The van der Waals surface area contributed by atoms with Crippen molar-refractivity contribution >= 4 is 26.8 Å². The normalized spacial score (nSPS) is 11.0. The smallest absolute Gasteiger partial charge is 0.120 e. The molecule has 1 aromatic carbocycles. The van der Waals surface area contributed by atoms with Crippen LogP contribution in [0.2, 0.25) is 0 Å². The number of nitrogens with zero attached hydrogens (tertiary/aromatic N) is 1. The molecule has 2 rings (SSSR count). The third-order valence-electron chi connectivity index (χ3n) is 2.73. The molecule has 3 nitrogen and oxygen atoms in total. The third kappa shape index (κ3) is 1.83. The van der Waals surface area contributed by atoms with Crippen LogP contribution in [0.1, 0.15) is 5.56 Å². The second kappa shape index (κ2) is 4.47. The van der Waals surface area contributed by atoms with Gasteiger partial charge < -0.3 is 15.0 Å². The van der Waals surface area contributed by atoms with Gasteiger partial charge in [-0.25, -0.2) is 0 Å². The second-order valence-corrected chi connectivity index (χ2v) is 4.66. The highest BCUT2D eigenvalue weighted by Gasteiger charge is 2.10. The molecule has 0 aliphatic rings. The topological polar surface area (TPSA) is 40.2 Å². The Hall–Kier alpha value is -1.00. The van der Waals surface area contributed by atoms with Crippen LogP contribution in [0.15, 0.2) is 22.8 Å². The maximum Gasteiger partial charge on any atom is 0.120 e. The lowest BCUT2D eigenvalue weighted by atomic mass is 10.1. The van der Waals surface area contributed by atoms with Crippen molar-refractivity contribution < 1.29 is 4.74 Å². The number of aromatic nitrogens is 1. The first-order valence-corrected chi connectivity index (χ1v) is 5.98. The molecular formula is C12H15BrN2O. The molecule has 0 bridgehead atoms. The fourth-order valence-electron chi connectivity index (χ4n) is 2.02. The van der Waals surface area contributed by atoms with E-state index < -0.39 is 0 Å². The average molecular weight is 283 g/mol. The van der Waals surface area contributed by atoms with Crippen molar-refractivity contribution in [2.75, 3.05) is 13.7 Å². The highest BCUT2D eigenvalue weighted by Crippen LogP contribution is 2.32. The predicted octanol–water partition coefficient (Wildman–Crippen LogP) is 2.45. The molecule has 16 heavy (non-hydrogen) atoms. The molecule has 0 saturated carbocycles. The summed E-state index contributed by atoms with van der Waals surface area (Å²) in [5.74, 6) is 0.865. The van der Waals surface area contributed by atoms with Crippen LogP contribution in [0.25, 0.3) is 10.9 Å². The number of hydrogen-bond acceptors (Lipinski definition) is 2. The van der Waals surface area contributed by atoms with E-state index in [-0.39, 0.29) is 0 Å². The van der Waals surface area contributed by atoms with Gasteiger partial charge in [0.1, 0.15) is 5.75 Å². The Kier molecular flexibility index (Phi) is 3.21. The van der Waals surface area contributed by atoms with E-state index in [0.29, 0.717) is 6.54 Å². The Morgan fingerprint density at radius 3 is 2.81 bits per heavy atom. The zero-order valence-corrected chi connectivity index (χ0v) is 11.0. The summed E-state index contributed by atoms with van der Waals surface area (Å²) in [5.41, 5.74) is 8.07. The molecule has 0 aliphatic heterocycles. The van der Waals surface area contributed by atoms with E-state index in [1.165, 1.54) is 16.5 Å². The van der Waals surface area contributed by atoms with Gasteiger partial charge in [-0.15, -0.1) is 0 Å². The Bertz CT molecular complexity index is 519. The van der Waals surface area contributed by atoms with Crippen molar-refractivity contribution in [2.45, 2.75) is 6.42 Å². The molecule has 0 atom stereocenters. The van der Waals surface area contributed by atoms with Gasteiger partial charge in [0, 0.05) is 23.1 Å². The lowest BCUT2D eigenvalue weighted by Gasteiger charge is -2.04. The SMILES string of the molecule is COc1cc(Br)c2c(c1)c(CCN)cn2C. The Labute approximate surface area is 103 Å². The molecule has 1 heterocycles. The zero-order chi connectivity index (χ0) is 11.7. The van der Waals surface area contributed by atoms with Crippen molar-refractivity contribution in [1.29, 1.82) is 0 Å². The van der Waals surface area contributed by atoms with E-state index in [9.17, 15) is 0 Å². The molecule has 0 unspecified atom stereocenters. The maximum atomic E-state index is 5.62. The zero-order valence-electron chi connectivity index (χ0n) is 9.46. The number of benzene rings is 1. The fraction of sp³-hybridized carbons (Fsp3) is 0.333. The van der Waals surface area contributed by atoms with E-state index in [4.69, 9.17) is 10.5 Å². The van der Waals surface area contributed by atoms with E-state index >= 15 is 0 Å². The lowest BCUT2D eigenvalue weighted by molar-refractivity contribution is 0.415. The second-order valence-electron chi connectivity index (χ2n) is 3.81. The van der Waals surface area contributed by atoms with Crippen molar-refractivity contribution in [3.63, 3.8) is 0 Å². The molecular weight excluding hydrogens is 268 g/mol. The summed E-state index contributed by atoms with van der Waals surface area (Å²) in [5, 5.41) is 1.21. The first kappa shape index (κ1) is 11.5. The van der Waals surface area contributed by atoms with Gasteiger partial charge in [-0.1, -0.05) is 0 Å². The summed E-state index contributed by atoms with van der Waals surface area (Å²) in [7, 11) is 3.72. The number of rotatable bonds is 3. The lowest BCUT2D eigenvalue weighted by Crippen LogP contribution is -2.01. The van der Waals surface area contributed by atoms with Gasteiger partial charge in [0.15, 0.2) is 0 Å². The van der Waals surface area contributed by atoms with Gasteiger partial charge in [-0.05, 0) is 46.6 Å². The highest BCUT2D eigenvalue weighted by atomic mass is 79.9.